The zero-order valence-corrected chi connectivity index (χ0v) is 17.6. The number of methoxy groups -OCH3 is 1. The molecule has 6 heteroatoms. The van der Waals surface area contributed by atoms with E-state index in [1.165, 1.54) is 0 Å². The van der Waals surface area contributed by atoms with Crippen molar-refractivity contribution in [1.82, 2.24) is 0 Å². The summed E-state index contributed by atoms with van der Waals surface area (Å²) in [4.78, 5) is 1.97. The van der Waals surface area contributed by atoms with Gasteiger partial charge in [-0.15, -0.1) is 0 Å². The number of rotatable bonds is 9. The molecule has 0 aliphatic heterocycles. The third-order valence-electron chi connectivity index (χ3n) is 4.44. The van der Waals surface area contributed by atoms with Crippen LogP contribution in [0.3, 0.4) is 0 Å². The van der Waals surface area contributed by atoms with E-state index in [1.807, 2.05) is 31.1 Å². The zero-order valence-electron chi connectivity index (χ0n) is 16.8. The van der Waals surface area contributed by atoms with Gasteiger partial charge in [0.25, 0.3) is 7.37 Å². The van der Waals surface area contributed by atoms with Crippen LogP contribution in [0.1, 0.15) is 31.7 Å². The van der Waals surface area contributed by atoms with Gasteiger partial charge in [0.05, 0.1) is 13.7 Å². The molecule has 0 amide bonds. The molecular weight excluding hydrogens is 361 g/mol. The molecule has 2 rings (SSSR count). The van der Waals surface area contributed by atoms with E-state index in [0.29, 0.717) is 29.1 Å². The second-order valence-electron chi connectivity index (χ2n) is 7.17. The lowest BCUT2D eigenvalue weighted by Gasteiger charge is -2.25. The van der Waals surface area contributed by atoms with E-state index in [0.717, 1.165) is 12.1 Å². The first-order valence-electron chi connectivity index (χ1n) is 9.12. The van der Waals surface area contributed by atoms with Crippen molar-refractivity contribution in [2.75, 3.05) is 32.7 Å². The fraction of sp³-hybridized carbons (Fsp3) is 0.429. The molecule has 2 aromatic carbocycles. The monoisotopic (exact) mass is 391 g/mol. The summed E-state index contributed by atoms with van der Waals surface area (Å²) in [5, 5.41) is 11.5. The van der Waals surface area contributed by atoms with Crippen molar-refractivity contribution in [3.05, 3.63) is 54.1 Å². The average Bonchev–Trinajstić information content (AvgIpc) is 2.67. The lowest BCUT2D eigenvalue weighted by atomic mass is 10.2. The zero-order chi connectivity index (χ0) is 20.0. The lowest BCUT2D eigenvalue weighted by molar-refractivity contribution is 0.209. The van der Waals surface area contributed by atoms with Crippen LogP contribution in [0.15, 0.2) is 48.5 Å². The summed E-state index contributed by atoms with van der Waals surface area (Å²) in [5.74, 6) is -0.134. The highest BCUT2D eigenvalue weighted by molar-refractivity contribution is 7.67. The van der Waals surface area contributed by atoms with Crippen LogP contribution in [-0.2, 0) is 9.09 Å². The third-order valence-corrected chi connectivity index (χ3v) is 6.97. The van der Waals surface area contributed by atoms with Crippen molar-refractivity contribution in [2.24, 2.45) is 5.92 Å². The van der Waals surface area contributed by atoms with Gasteiger partial charge in [0.15, 0.2) is 5.85 Å². The van der Waals surface area contributed by atoms with Crippen molar-refractivity contribution in [3.8, 4) is 5.75 Å². The maximum atomic E-state index is 13.8. The van der Waals surface area contributed by atoms with Crippen molar-refractivity contribution in [1.29, 1.82) is 0 Å². The first kappa shape index (κ1) is 21.5. The van der Waals surface area contributed by atoms with Crippen LogP contribution in [0.4, 0.5) is 5.69 Å². The van der Waals surface area contributed by atoms with Gasteiger partial charge in [-0.3, -0.25) is 4.57 Å². The maximum Gasteiger partial charge on any atom is 0.264 e. The molecule has 0 unspecified atom stereocenters. The summed E-state index contributed by atoms with van der Waals surface area (Å²) in [6, 6.07) is 14.2. The molecule has 0 radical (unpaired) electrons. The number of ether oxygens (including phenoxy) is 1. The molecule has 0 saturated carbocycles. The van der Waals surface area contributed by atoms with Crippen LogP contribution >= 0.6 is 7.37 Å². The molecule has 1 N–H and O–H groups in total. The SMILES string of the molecule is COc1ccc([C@@H](O)[P@](=O)(OCCC(C)C)c2ccc(N(C)C)cc2)cc1. The predicted molar refractivity (Wildman–Crippen MR) is 111 cm³/mol. The number of nitrogens with zero attached hydrogens (tertiary/aromatic N) is 1. The van der Waals surface area contributed by atoms with Crippen molar-refractivity contribution in [2.45, 2.75) is 26.1 Å². The first-order valence-corrected chi connectivity index (χ1v) is 10.8. The summed E-state index contributed by atoms with van der Waals surface area (Å²) >= 11 is 0. The van der Waals surface area contributed by atoms with Crippen LogP contribution in [-0.4, -0.2) is 32.9 Å². The topological polar surface area (TPSA) is 59.0 Å². The van der Waals surface area contributed by atoms with Gasteiger partial charge in [-0.25, -0.2) is 0 Å². The minimum Gasteiger partial charge on any atom is -0.497 e. The molecule has 27 heavy (non-hydrogen) atoms. The summed E-state index contributed by atoms with van der Waals surface area (Å²) in [7, 11) is 1.95. The molecule has 0 spiro atoms. The van der Waals surface area contributed by atoms with E-state index >= 15 is 0 Å². The van der Waals surface area contributed by atoms with E-state index < -0.39 is 13.2 Å². The van der Waals surface area contributed by atoms with E-state index in [4.69, 9.17) is 9.26 Å². The Morgan fingerprint density at radius 3 is 2.11 bits per heavy atom. The second-order valence-corrected chi connectivity index (χ2v) is 9.63. The Morgan fingerprint density at radius 2 is 1.63 bits per heavy atom. The number of anilines is 1. The van der Waals surface area contributed by atoms with E-state index in [2.05, 4.69) is 13.8 Å². The molecule has 2 atom stereocenters. The molecule has 0 bridgehead atoms. The number of hydrogen-bond acceptors (Lipinski definition) is 5. The van der Waals surface area contributed by atoms with Crippen molar-refractivity contribution < 1.29 is 18.9 Å². The molecule has 0 aromatic heterocycles. The van der Waals surface area contributed by atoms with Gasteiger partial charge in [-0.05, 0) is 54.3 Å². The molecule has 0 saturated heterocycles. The summed E-state index contributed by atoms with van der Waals surface area (Å²) < 4.78 is 24.8. The minimum atomic E-state index is -3.52. The van der Waals surface area contributed by atoms with Gasteiger partial charge in [-0.2, -0.15) is 0 Å². The molecule has 0 heterocycles. The highest BCUT2D eigenvalue weighted by Crippen LogP contribution is 2.58. The Balaban J connectivity index is 2.36. The smallest absolute Gasteiger partial charge is 0.264 e. The van der Waals surface area contributed by atoms with Crippen LogP contribution in [0.2, 0.25) is 0 Å². The number of hydrogen-bond donors (Lipinski definition) is 1. The van der Waals surface area contributed by atoms with E-state index in [1.54, 1.807) is 43.5 Å². The Labute approximate surface area is 162 Å². The van der Waals surface area contributed by atoms with E-state index in [-0.39, 0.29) is 0 Å². The van der Waals surface area contributed by atoms with Crippen LogP contribution in [0, 0.1) is 5.92 Å². The van der Waals surface area contributed by atoms with Crippen LogP contribution < -0.4 is 14.9 Å². The predicted octanol–water partition coefficient (Wildman–Crippen LogP) is 4.42. The summed E-state index contributed by atoms with van der Waals surface area (Å²) in [6.45, 7) is 4.50. The molecule has 0 aliphatic carbocycles. The van der Waals surface area contributed by atoms with Crippen LogP contribution in [0.25, 0.3) is 0 Å². The minimum absolute atomic E-state index is 0.331. The van der Waals surface area contributed by atoms with Crippen molar-refractivity contribution >= 4 is 18.4 Å². The van der Waals surface area contributed by atoms with Gasteiger partial charge in [0, 0.05) is 25.1 Å². The van der Waals surface area contributed by atoms with E-state index in [9.17, 15) is 9.67 Å². The molecule has 2 aromatic rings. The largest absolute Gasteiger partial charge is 0.497 e. The quantitative estimate of drug-likeness (QED) is 0.642. The molecule has 5 nitrogen and oxygen atoms in total. The fourth-order valence-electron chi connectivity index (χ4n) is 2.64. The van der Waals surface area contributed by atoms with Crippen LogP contribution in [0.5, 0.6) is 5.75 Å². The van der Waals surface area contributed by atoms with Gasteiger partial charge >= 0.3 is 0 Å². The molecule has 0 fully saturated rings. The first-order chi connectivity index (χ1) is 12.8. The highest BCUT2D eigenvalue weighted by atomic mass is 31.2. The number of aliphatic hydroxyl groups excluding tert-OH is 1. The van der Waals surface area contributed by atoms with Gasteiger partial charge in [0.1, 0.15) is 5.75 Å². The molecule has 0 aliphatic rings. The van der Waals surface area contributed by atoms with Crippen molar-refractivity contribution in [3.63, 3.8) is 0 Å². The van der Waals surface area contributed by atoms with Gasteiger partial charge < -0.3 is 19.3 Å². The molecule has 148 valence electrons. The summed E-state index contributed by atoms with van der Waals surface area (Å²) in [6.07, 6.45) is 0.773. The Hall–Kier alpha value is -1.81. The highest BCUT2D eigenvalue weighted by Gasteiger charge is 2.36. The Kier molecular flexibility index (Phi) is 7.49. The third kappa shape index (κ3) is 5.35. The van der Waals surface area contributed by atoms with Gasteiger partial charge in [-0.1, -0.05) is 26.0 Å². The lowest BCUT2D eigenvalue weighted by Crippen LogP contribution is -2.16. The average molecular weight is 391 g/mol. The fourth-order valence-corrected chi connectivity index (χ4v) is 4.72. The Morgan fingerprint density at radius 1 is 1.04 bits per heavy atom. The second kappa shape index (κ2) is 9.41. The van der Waals surface area contributed by atoms with Gasteiger partial charge in [0.2, 0.25) is 0 Å². The standard InChI is InChI=1S/C21H30NO4P/c1-16(2)14-15-26-27(24,20-12-8-18(9-13-20)22(3)4)21(23)17-6-10-19(25-5)11-7-17/h6-13,16,21,23H,14-15H2,1-5H3/t21-,27+/m0/s1. The molecular formula is C21H30NO4P. The summed E-state index contributed by atoms with van der Waals surface area (Å²) in [5.41, 5.74) is 1.53. The normalized spacial score (nSPS) is 14.6. The maximum absolute atomic E-state index is 13.8. The Bertz CT molecular complexity index is 757. The number of benzene rings is 2. The number of aliphatic hydroxyl groups is 1.